The fourth-order valence-corrected chi connectivity index (χ4v) is 3.08. The quantitative estimate of drug-likeness (QED) is 0.878. The second kappa shape index (κ2) is 5.47. The number of phenolic OH excluding ortho intramolecular Hbond substituents is 1. The van der Waals surface area contributed by atoms with Gasteiger partial charge < -0.3 is 10.4 Å². The third kappa shape index (κ3) is 2.54. The molecule has 1 aliphatic carbocycles. The van der Waals surface area contributed by atoms with E-state index >= 15 is 0 Å². The van der Waals surface area contributed by atoms with Gasteiger partial charge in [0.1, 0.15) is 5.75 Å². The molecule has 3 rings (SSSR count). The lowest BCUT2D eigenvalue weighted by Gasteiger charge is -2.21. The lowest BCUT2D eigenvalue weighted by molar-refractivity contribution is 0.465. The number of halogens is 1. The fourth-order valence-electron chi connectivity index (χ4n) is 2.96. The molecule has 0 radical (unpaired) electrons. The van der Waals surface area contributed by atoms with Crippen LogP contribution in [0.4, 0.5) is 0 Å². The first-order valence-electron chi connectivity index (χ1n) is 6.97. The van der Waals surface area contributed by atoms with Crippen molar-refractivity contribution >= 4 is 11.6 Å². The Morgan fingerprint density at radius 3 is 2.70 bits per heavy atom. The number of benzene rings is 2. The van der Waals surface area contributed by atoms with Crippen LogP contribution in [-0.2, 0) is 6.42 Å². The van der Waals surface area contributed by atoms with Crippen molar-refractivity contribution in [3.63, 3.8) is 0 Å². The number of hydrogen-bond donors (Lipinski definition) is 2. The van der Waals surface area contributed by atoms with E-state index in [0.717, 1.165) is 23.4 Å². The zero-order valence-electron chi connectivity index (χ0n) is 11.4. The van der Waals surface area contributed by atoms with Crippen molar-refractivity contribution in [2.45, 2.75) is 31.8 Å². The first kappa shape index (κ1) is 13.5. The molecule has 2 aromatic rings. The average molecular weight is 288 g/mol. The Labute approximate surface area is 124 Å². The van der Waals surface area contributed by atoms with E-state index in [4.69, 9.17) is 11.6 Å². The Kier molecular flexibility index (Phi) is 3.68. The van der Waals surface area contributed by atoms with Gasteiger partial charge in [-0.25, -0.2) is 0 Å². The summed E-state index contributed by atoms with van der Waals surface area (Å²) in [7, 11) is 0. The monoisotopic (exact) mass is 287 g/mol. The molecule has 2 atom stereocenters. The van der Waals surface area contributed by atoms with Crippen LogP contribution in [0, 0.1) is 0 Å². The van der Waals surface area contributed by atoms with E-state index in [2.05, 4.69) is 30.4 Å². The van der Waals surface area contributed by atoms with Crippen LogP contribution in [0.1, 0.15) is 42.1 Å². The van der Waals surface area contributed by atoms with Gasteiger partial charge in [-0.2, -0.15) is 0 Å². The number of nitrogens with one attached hydrogen (secondary N) is 1. The molecule has 1 unspecified atom stereocenters. The van der Waals surface area contributed by atoms with Gasteiger partial charge in [0.2, 0.25) is 0 Å². The second-order valence-electron chi connectivity index (χ2n) is 5.38. The predicted octanol–water partition coefficient (Wildman–Crippen LogP) is 4.38. The highest BCUT2D eigenvalue weighted by atomic mass is 35.5. The first-order chi connectivity index (χ1) is 9.65. The molecule has 0 aliphatic heterocycles. The number of hydrogen-bond acceptors (Lipinski definition) is 2. The summed E-state index contributed by atoms with van der Waals surface area (Å²) < 4.78 is 0. The first-order valence-corrected chi connectivity index (χ1v) is 7.35. The van der Waals surface area contributed by atoms with Crippen LogP contribution in [0.3, 0.4) is 0 Å². The molecule has 0 spiro atoms. The molecule has 0 aromatic heterocycles. The van der Waals surface area contributed by atoms with Gasteiger partial charge in [0.05, 0.1) is 0 Å². The van der Waals surface area contributed by atoms with Crippen molar-refractivity contribution in [2.75, 3.05) is 0 Å². The SMILES string of the molecule is C[C@@H](NC1CCc2c(O)cccc21)c1ccc(Cl)cc1. The molecule has 0 fully saturated rings. The number of phenols is 1. The minimum atomic E-state index is 0.255. The molecule has 0 saturated carbocycles. The average Bonchev–Trinajstić information content (AvgIpc) is 2.84. The van der Waals surface area contributed by atoms with Crippen LogP contribution < -0.4 is 5.32 Å². The summed E-state index contributed by atoms with van der Waals surface area (Å²) in [6, 6.07) is 14.3. The summed E-state index contributed by atoms with van der Waals surface area (Å²) in [5.74, 6) is 0.422. The smallest absolute Gasteiger partial charge is 0.119 e. The molecule has 0 heterocycles. The standard InChI is InChI=1S/C17H18ClNO/c1-11(12-5-7-13(18)8-6-12)19-16-10-9-15-14(16)3-2-4-17(15)20/h2-8,11,16,19-20H,9-10H2,1H3/t11-,16?/m1/s1. The molecular formula is C17H18ClNO. The van der Waals surface area contributed by atoms with E-state index < -0.39 is 0 Å². The second-order valence-corrected chi connectivity index (χ2v) is 5.81. The maximum atomic E-state index is 9.89. The molecule has 2 N–H and O–H groups in total. The summed E-state index contributed by atoms with van der Waals surface area (Å²) in [6.45, 7) is 2.16. The highest BCUT2D eigenvalue weighted by Gasteiger charge is 2.25. The van der Waals surface area contributed by atoms with E-state index in [-0.39, 0.29) is 6.04 Å². The number of fused-ring (bicyclic) bond motifs is 1. The van der Waals surface area contributed by atoms with Crippen molar-refractivity contribution in [1.82, 2.24) is 5.32 Å². The molecule has 0 bridgehead atoms. The number of rotatable bonds is 3. The summed E-state index contributed by atoms with van der Waals surface area (Å²) in [6.07, 6.45) is 1.97. The molecule has 0 saturated heterocycles. The minimum Gasteiger partial charge on any atom is -0.508 e. The third-order valence-electron chi connectivity index (χ3n) is 4.07. The molecule has 3 heteroatoms. The van der Waals surface area contributed by atoms with Gasteiger partial charge in [0.25, 0.3) is 0 Å². The van der Waals surface area contributed by atoms with Crippen molar-refractivity contribution in [3.8, 4) is 5.75 Å². The van der Waals surface area contributed by atoms with E-state index in [1.165, 1.54) is 11.1 Å². The van der Waals surface area contributed by atoms with Crippen LogP contribution in [0.5, 0.6) is 5.75 Å². The normalized spacial score (nSPS) is 18.8. The highest BCUT2D eigenvalue weighted by molar-refractivity contribution is 6.30. The highest BCUT2D eigenvalue weighted by Crippen LogP contribution is 2.37. The number of aromatic hydroxyl groups is 1. The van der Waals surface area contributed by atoms with E-state index in [9.17, 15) is 5.11 Å². The zero-order valence-corrected chi connectivity index (χ0v) is 12.2. The van der Waals surface area contributed by atoms with Crippen molar-refractivity contribution in [1.29, 1.82) is 0 Å². The van der Waals surface area contributed by atoms with Gasteiger partial charge in [-0.15, -0.1) is 0 Å². The van der Waals surface area contributed by atoms with Gasteiger partial charge >= 0.3 is 0 Å². The predicted molar refractivity (Wildman–Crippen MR) is 82.2 cm³/mol. The van der Waals surface area contributed by atoms with Gasteiger partial charge in [0, 0.05) is 17.1 Å². The van der Waals surface area contributed by atoms with Crippen LogP contribution in [0.2, 0.25) is 5.02 Å². The van der Waals surface area contributed by atoms with Crippen molar-refractivity contribution in [3.05, 3.63) is 64.2 Å². The zero-order chi connectivity index (χ0) is 14.1. The molecule has 1 aliphatic rings. The maximum absolute atomic E-state index is 9.89. The van der Waals surface area contributed by atoms with Crippen molar-refractivity contribution in [2.24, 2.45) is 0 Å². The van der Waals surface area contributed by atoms with Gasteiger partial charge in [-0.3, -0.25) is 0 Å². The lowest BCUT2D eigenvalue weighted by Crippen LogP contribution is -2.22. The Bertz CT molecular complexity index is 609. The lowest BCUT2D eigenvalue weighted by atomic mass is 10.0. The largest absolute Gasteiger partial charge is 0.508 e. The van der Waals surface area contributed by atoms with Gasteiger partial charge in [-0.1, -0.05) is 35.9 Å². The molecule has 2 aromatic carbocycles. The van der Waals surface area contributed by atoms with E-state index in [0.29, 0.717) is 11.8 Å². The summed E-state index contributed by atoms with van der Waals surface area (Å²) >= 11 is 5.92. The summed E-state index contributed by atoms with van der Waals surface area (Å²) in [5, 5.41) is 14.3. The Balaban J connectivity index is 1.77. The molecule has 0 amide bonds. The van der Waals surface area contributed by atoms with Gasteiger partial charge in [0.15, 0.2) is 0 Å². The minimum absolute atomic E-state index is 0.255. The Morgan fingerprint density at radius 2 is 1.95 bits per heavy atom. The van der Waals surface area contributed by atoms with Crippen LogP contribution in [0.25, 0.3) is 0 Å². The molecule has 104 valence electrons. The summed E-state index contributed by atoms with van der Waals surface area (Å²) in [4.78, 5) is 0. The Morgan fingerprint density at radius 1 is 1.20 bits per heavy atom. The fraction of sp³-hybridized carbons (Fsp3) is 0.294. The van der Waals surface area contributed by atoms with E-state index in [1.54, 1.807) is 6.07 Å². The van der Waals surface area contributed by atoms with Crippen LogP contribution >= 0.6 is 11.6 Å². The summed E-state index contributed by atoms with van der Waals surface area (Å²) in [5.41, 5.74) is 3.54. The van der Waals surface area contributed by atoms with E-state index in [1.807, 2.05) is 18.2 Å². The third-order valence-corrected chi connectivity index (χ3v) is 4.32. The van der Waals surface area contributed by atoms with Gasteiger partial charge in [-0.05, 0) is 54.7 Å². The molecular weight excluding hydrogens is 270 g/mol. The Hall–Kier alpha value is -1.51. The van der Waals surface area contributed by atoms with Crippen LogP contribution in [-0.4, -0.2) is 5.11 Å². The van der Waals surface area contributed by atoms with Crippen molar-refractivity contribution < 1.29 is 5.11 Å². The molecule has 20 heavy (non-hydrogen) atoms. The maximum Gasteiger partial charge on any atom is 0.119 e. The molecule has 2 nitrogen and oxygen atoms in total. The topological polar surface area (TPSA) is 32.3 Å². The van der Waals surface area contributed by atoms with Crippen LogP contribution in [0.15, 0.2) is 42.5 Å².